The summed E-state index contributed by atoms with van der Waals surface area (Å²) < 4.78 is 1.38. The van der Waals surface area contributed by atoms with Gasteiger partial charge in [0.25, 0.3) is 0 Å². The second kappa shape index (κ2) is 6.00. The second-order valence-electron chi connectivity index (χ2n) is 4.10. The van der Waals surface area contributed by atoms with Crippen LogP contribution in [0.3, 0.4) is 0 Å². The number of aromatic nitrogens is 3. The van der Waals surface area contributed by atoms with Crippen LogP contribution in [0.4, 0.5) is 0 Å². The number of nitrogens with zero attached hydrogens (tertiary/aromatic N) is 4. The van der Waals surface area contributed by atoms with Crippen LogP contribution in [0.25, 0.3) is 11.0 Å². The van der Waals surface area contributed by atoms with E-state index in [2.05, 4.69) is 15.4 Å². The van der Waals surface area contributed by atoms with Crippen molar-refractivity contribution >= 4 is 16.9 Å². The van der Waals surface area contributed by atoms with Crippen LogP contribution < -0.4 is 5.53 Å². The maximum absolute atomic E-state index is 12.0. The molecular formula is C12H16N5O+. The first-order valence-electron chi connectivity index (χ1n) is 6.03. The molecule has 2 rings (SSSR count). The fourth-order valence-electron chi connectivity index (χ4n) is 1.82. The number of carbonyl (C=O) groups excluding carboxylic acids is 1. The van der Waals surface area contributed by atoms with E-state index in [9.17, 15) is 4.79 Å². The average molecular weight is 246 g/mol. The molecule has 6 heteroatoms. The van der Waals surface area contributed by atoms with E-state index >= 15 is 0 Å². The number of rotatable bonds is 6. The molecule has 0 saturated carbocycles. The van der Waals surface area contributed by atoms with Crippen LogP contribution >= 0.6 is 0 Å². The Morgan fingerprint density at radius 2 is 2.11 bits per heavy atom. The van der Waals surface area contributed by atoms with Gasteiger partial charge in [-0.2, -0.15) is 10.2 Å². The van der Waals surface area contributed by atoms with E-state index in [1.807, 2.05) is 24.3 Å². The van der Waals surface area contributed by atoms with Crippen LogP contribution in [-0.4, -0.2) is 27.4 Å². The maximum Gasteiger partial charge on any atom is 0.248 e. The molecule has 0 bridgehead atoms. The Morgan fingerprint density at radius 1 is 1.28 bits per heavy atom. The van der Waals surface area contributed by atoms with Crippen molar-refractivity contribution in [1.82, 2.24) is 15.0 Å². The highest BCUT2D eigenvalue weighted by Gasteiger charge is 2.10. The maximum atomic E-state index is 12.0. The Labute approximate surface area is 104 Å². The van der Waals surface area contributed by atoms with E-state index in [-0.39, 0.29) is 5.91 Å². The highest BCUT2D eigenvalue weighted by atomic mass is 16.2. The molecule has 6 nitrogen and oxygen atoms in total. The average Bonchev–Trinajstić information content (AvgIpc) is 2.82. The van der Waals surface area contributed by atoms with Gasteiger partial charge in [-0.05, 0) is 30.1 Å². The summed E-state index contributed by atoms with van der Waals surface area (Å²) in [6.07, 6.45) is 3.15. The summed E-state index contributed by atoms with van der Waals surface area (Å²) in [4.78, 5) is 12.0. The number of unbranched alkanes of at least 4 members (excludes halogenated alkanes) is 2. The SMILES string of the molecule is [NH2+]=NCCCCCC(=O)n1nnc2ccccc21. The van der Waals surface area contributed by atoms with E-state index in [1.54, 1.807) is 0 Å². The van der Waals surface area contributed by atoms with Crippen molar-refractivity contribution in [2.45, 2.75) is 25.7 Å². The zero-order valence-corrected chi connectivity index (χ0v) is 10.1. The van der Waals surface area contributed by atoms with Crippen molar-refractivity contribution in [3.63, 3.8) is 0 Å². The quantitative estimate of drug-likeness (QED) is 0.605. The normalized spacial score (nSPS) is 10.7. The number of para-hydroxylation sites is 1. The van der Waals surface area contributed by atoms with E-state index in [0.717, 1.165) is 30.3 Å². The zero-order chi connectivity index (χ0) is 12.8. The Hall–Kier alpha value is -2.11. The van der Waals surface area contributed by atoms with Gasteiger partial charge in [0, 0.05) is 6.42 Å². The molecule has 0 unspecified atom stereocenters. The van der Waals surface area contributed by atoms with E-state index in [0.29, 0.717) is 13.0 Å². The summed E-state index contributed by atoms with van der Waals surface area (Å²) >= 11 is 0. The van der Waals surface area contributed by atoms with Gasteiger partial charge in [0.1, 0.15) is 12.1 Å². The molecule has 0 spiro atoms. The molecule has 1 aromatic heterocycles. The molecule has 1 aromatic carbocycles. The monoisotopic (exact) mass is 246 g/mol. The molecule has 0 saturated heterocycles. The lowest BCUT2D eigenvalue weighted by molar-refractivity contribution is -0.221. The summed E-state index contributed by atoms with van der Waals surface area (Å²) in [6.45, 7) is 0.653. The first-order valence-corrected chi connectivity index (χ1v) is 6.03. The predicted molar refractivity (Wildman–Crippen MR) is 65.8 cm³/mol. The third-order valence-corrected chi connectivity index (χ3v) is 2.77. The third-order valence-electron chi connectivity index (χ3n) is 2.77. The van der Waals surface area contributed by atoms with Crippen LogP contribution in [0.1, 0.15) is 30.5 Å². The molecule has 0 fully saturated rings. The highest BCUT2D eigenvalue weighted by Crippen LogP contribution is 2.11. The number of hydrogen-bond acceptors (Lipinski definition) is 4. The lowest BCUT2D eigenvalue weighted by atomic mass is 10.2. The lowest BCUT2D eigenvalue weighted by Gasteiger charge is -2.00. The molecule has 18 heavy (non-hydrogen) atoms. The van der Waals surface area contributed by atoms with Crippen molar-refractivity contribution in [2.75, 3.05) is 6.54 Å². The molecule has 0 aliphatic heterocycles. The number of carbonyl (C=O) groups is 1. The van der Waals surface area contributed by atoms with Crippen molar-refractivity contribution in [2.24, 2.45) is 5.11 Å². The van der Waals surface area contributed by atoms with Gasteiger partial charge in [0.05, 0.1) is 5.52 Å². The number of hydrogen-bond donors (Lipinski definition) is 1. The van der Waals surface area contributed by atoms with Gasteiger partial charge >= 0.3 is 0 Å². The van der Waals surface area contributed by atoms with Gasteiger partial charge in [-0.1, -0.05) is 23.8 Å². The van der Waals surface area contributed by atoms with Gasteiger partial charge in [0.15, 0.2) is 0 Å². The van der Waals surface area contributed by atoms with E-state index in [1.165, 1.54) is 4.68 Å². The first-order chi connectivity index (χ1) is 8.83. The van der Waals surface area contributed by atoms with Gasteiger partial charge < -0.3 is 0 Å². The third kappa shape index (κ3) is 2.77. The minimum absolute atomic E-state index is 0.0200. The molecule has 2 aromatic rings. The fourth-order valence-corrected chi connectivity index (χ4v) is 1.82. The fraction of sp³-hybridized carbons (Fsp3) is 0.417. The highest BCUT2D eigenvalue weighted by molar-refractivity contribution is 5.88. The molecule has 0 amide bonds. The topological polar surface area (TPSA) is 85.7 Å². The van der Waals surface area contributed by atoms with Gasteiger partial charge in [-0.25, -0.2) is 0 Å². The van der Waals surface area contributed by atoms with Crippen molar-refractivity contribution in [1.29, 1.82) is 0 Å². The first kappa shape index (κ1) is 12.3. The minimum Gasteiger partial charge on any atom is -0.273 e. The van der Waals surface area contributed by atoms with Gasteiger partial charge in [0.2, 0.25) is 5.91 Å². The van der Waals surface area contributed by atoms with Crippen LogP contribution in [-0.2, 0) is 0 Å². The number of nitrogens with two attached hydrogens (primary N) is 1. The molecule has 0 aliphatic carbocycles. The predicted octanol–water partition coefficient (Wildman–Crippen LogP) is 0.843. The van der Waals surface area contributed by atoms with Crippen molar-refractivity contribution < 1.29 is 10.3 Å². The van der Waals surface area contributed by atoms with Crippen molar-refractivity contribution in [3.05, 3.63) is 24.3 Å². The molecular weight excluding hydrogens is 230 g/mol. The molecule has 0 aliphatic rings. The summed E-state index contributed by atoms with van der Waals surface area (Å²) in [5.74, 6) is -0.0200. The Bertz CT molecular complexity index is 548. The van der Waals surface area contributed by atoms with Crippen LogP contribution in [0, 0.1) is 0 Å². The Balaban J connectivity index is 1.94. The molecule has 2 N–H and O–H groups in total. The standard InChI is InChI=1S/C12H15N5O/c13-14-9-5-1-2-8-12(18)17-11-7-4-3-6-10(11)15-16-17/h3-4,6-7,13H,1-2,5,8-9H2/p+1. The smallest absolute Gasteiger partial charge is 0.248 e. The van der Waals surface area contributed by atoms with Gasteiger partial charge in [-0.3, -0.25) is 4.79 Å². The molecule has 0 atom stereocenters. The summed E-state index contributed by atoms with van der Waals surface area (Å²) in [6, 6.07) is 7.44. The van der Waals surface area contributed by atoms with Crippen LogP contribution in [0.15, 0.2) is 29.4 Å². The Kier molecular flexibility index (Phi) is 4.11. The van der Waals surface area contributed by atoms with Crippen molar-refractivity contribution in [3.8, 4) is 0 Å². The van der Waals surface area contributed by atoms with E-state index in [4.69, 9.17) is 5.53 Å². The molecule has 94 valence electrons. The summed E-state index contributed by atoms with van der Waals surface area (Å²) in [5.41, 5.74) is 6.55. The number of benzene rings is 1. The largest absolute Gasteiger partial charge is 0.273 e. The number of fused-ring (bicyclic) bond motifs is 1. The summed E-state index contributed by atoms with van der Waals surface area (Å²) in [7, 11) is 0. The zero-order valence-electron chi connectivity index (χ0n) is 10.1. The lowest BCUT2D eigenvalue weighted by Crippen LogP contribution is -2.24. The minimum atomic E-state index is -0.0200. The van der Waals surface area contributed by atoms with Gasteiger partial charge in [-0.15, -0.1) is 5.10 Å². The molecule has 1 heterocycles. The Morgan fingerprint density at radius 3 is 2.94 bits per heavy atom. The van der Waals surface area contributed by atoms with Crippen LogP contribution in [0.2, 0.25) is 0 Å². The second-order valence-corrected chi connectivity index (χ2v) is 4.10. The summed E-state index contributed by atoms with van der Waals surface area (Å²) in [5, 5.41) is 11.4. The van der Waals surface area contributed by atoms with Crippen LogP contribution in [0.5, 0.6) is 0 Å². The van der Waals surface area contributed by atoms with E-state index < -0.39 is 0 Å². The molecule has 0 radical (unpaired) electrons.